The Balaban J connectivity index is 1.93. The van der Waals surface area contributed by atoms with Crippen LogP contribution in [-0.4, -0.2) is 31.3 Å². The maximum Gasteiger partial charge on any atom is 0.345 e. The molecule has 1 aromatic carbocycles. The number of carbonyl (C=O) groups is 1. The molecule has 0 spiro atoms. The highest BCUT2D eigenvalue weighted by Crippen LogP contribution is 2.42. The second-order valence-corrected chi connectivity index (χ2v) is 9.57. The summed E-state index contributed by atoms with van der Waals surface area (Å²) in [4.78, 5) is 26.7. The molecule has 0 fully saturated rings. The first-order chi connectivity index (χ1) is 14.5. The van der Waals surface area contributed by atoms with E-state index in [0.717, 1.165) is 40.7 Å². The van der Waals surface area contributed by atoms with Gasteiger partial charge in [0.25, 0.3) is 5.56 Å². The number of aromatic amines is 1. The highest BCUT2D eigenvalue weighted by Gasteiger charge is 2.28. The minimum atomic E-state index is -1.42. The lowest BCUT2D eigenvalue weighted by Gasteiger charge is -2.20. The second kappa shape index (κ2) is 7.27. The Morgan fingerprint density at radius 2 is 2.00 bits per heavy atom. The highest BCUT2D eigenvalue weighted by atomic mass is 16.4. The number of carboxylic acid groups (broad SMARTS) is 1. The first kappa shape index (κ1) is 21.2. The van der Waals surface area contributed by atoms with Crippen LogP contribution in [-0.2, 0) is 20.0 Å². The van der Waals surface area contributed by atoms with Crippen molar-refractivity contribution in [3.63, 3.8) is 0 Å². The van der Waals surface area contributed by atoms with Crippen molar-refractivity contribution in [2.75, 3.05) is 0 Å². The van der Waals surface area contributed by atoms with E-state index in [1.807, 2.05) is 6.07 Å². The van der Waals surface area contributed by atoms with Crippen LogP contribution >= 0.6 is 0 Å². The molecule has 0 radical (unpaired) electrons. The van der Waals surface area contributed by atoms with Crippen LogP contribution in [0.4, 0.5) is 0 Å². The summed E-state index contributed by atoms with van der Waals surface area (Å²) in [5, 5.41) is 24.5. The van der Waals surface area contributed by atoms with Crippen LogP contribution in [0, 0.1) is 0 Å². The number of H-pyrrole nitrogens is 1. The van der Waals surface area contributed by atoms with Gasteiger partial charge < -0.3 is 25.1 Å². The quantitative estimate of drug-likeness (QED) is 0.511. The van der Waals surface area contributed by atoms with E-state index >= 15 is 0 Å². The number of carboxylic acids is 1. The number of benzene rings is 1. The van der Waals surface area contributed by atoms with Crippen LogP contribution in [0.1, 0.15) is 67.2 Å². The fourth-order valence-electron chi connectivity index (χ4n) is 4.42. The fourth-order valence-corrected chi connectivity index (χ4v) is 4.42. The van der Waals surface area contributed by atoms with E-state index in [-0.39, 0.29) is 11.5 Å². The lowest BCUT2D eigenvalue weighted by molar-refractivity contribution is 0.0691. The molecular weight excluding hydrogens is 394 g/mol. The molecule has 7 nitrogen and oxygen atoms in total. The molecule has 0 saturated heterocycles. The number of hydrogen-bond donors (Lipinski definition) is 4. The lowest BCUT2D eigenvalue weighted by Crippen LogP contribution is -2.35. The summed E-state index contributed by atoms with van der Waals surface area (Å²) in [5.74, 6) is -1.66. The number of rotatable bonds is 3. The molecule has 164 valence electrons. The van der Waals surface area contributed by atoms with Gasteiger partial charge in [-0.1, -0.05) is 6.92 Å². The average molecular weight is 424 g/mol. The molecule has 0 saturated carbocycles. The molecule has 0 bridgehead atoms. The molecule has 3 aromatic rings. The summed E-state index contributed by atoms with van der Waals surface area (Å²) < 4.78 is 2.18. The van der Waals surface area contributed by atoms with E-state index in [9.17, 15) is 19.8 Å². The molecule has 2 heterocycles. The van der Waals surface area contributed by atoms with E-state index in [0.29, 0.717) is 17.7 Å². The number of nitrogens with zero attached hydrogens (tertiary/aromatic N) is 1. The summed E-state index contributed by atoms with van der Waals surface area (Å²) >= 11 is 0. The molecule has 0 amide bonds. The SMILES string of the molecule is CC1CCc2c([nH]c(=O)c(C(=O)O)c2O)-c2cc3cc(CNC(C)(C)C)n(C)c3cc21. The fraction of sp³-hybridized carbons (Fsp3) is 0.417. The van der Waals surface area contributed by atoms with Gasteiger partial charge >= 0.3 is 5.97 Å². The molecule has 31 heavy (non-hydrogen) atoms. The summed E-state index contributed by atoms with van der Waals surface area (Å²) in [6.07, 6.45) is 1.23. The van der Waals surface area contributed by atoms with Crippen LogP contribution < -0.4 is 10.9 Å². The molecule has 1 unspecified atom stereocenters. The largest absolute Gasteiger partial charge is 0.506 e. The third-order valence-electron chi connectivity index (χ3n) is 6.24. The van der Waals surface area contributed by atoms with Gasteiger partial charge in [0.2, 0.25) is 0 Å². The van der Waals surface area contributed by atoms with Crippen LogP contribution in [0.25, 0.3) is 22.2 Å². The van der Waals surface area contributed by atoms with Gasteiger partial charge in [0, 0.05) is 46.9 Å². The average Bonchev–Trinajstić information content (AvgIpc) is 2.90. The van der Waals surface area contributed by atoms with Crippen molar-refractivity contribution < 1.29 is 15.0 Å². The Morgan fingerprint density at radius 3 is 2.65 bits per heavy atom. The molecule has 2 aromatic heterocycles. The third kappa shape index (κ3) is 3.63. The van der Waals surface area contributed by atoms with E-state index in [4.69, 9.17) is 0 Å². The summed E-state index contributed by atoms with van der Waals surface area (Å²) in [7, 11) is 2.05. The number of aryl methyl sites for hydroxylation is 1. The van der Waals surface area contributed by atoms with Crippen LogP contribution in [0.3, 0.4) is 0 Å². The molecule has 1 atom stereocenters. The zero-order valence-corrected chi connectivity index (χ0v) is 18.6. The zero-order chi connectivity index (χ0) is 22.7. The smallest absolute Gasteiger partial charge is 0.345 e. The van der Waals surface area contributed by atoms with Crippen LogP contribution in [0.5, 0.6) is 5.75 Å². The van der Waals surface area contributed by atoms with Gasteiger partial charge in [-0.15, -0.1) is 0 Å². The topological polar surface area (TPSA) is 107 Å². The lowest BCUT2D eigenvalue weighted by atomic mass is 9.92. The van der Waals surface area contributed by atoms with Crippen LogP contribution in [0.15, 0.2) is 23.0 Å². The summed E-state index contributed by atoms with van der Waals surface area (Å²) in [5.41, 5.74) is 3.82. The first-order valence-corrected chi connectivity index (χ1v) is 10.6. The van der Waals surface area contributed by atoms with Gasteiger partial charge in [0.05, 0.1) is 5.69 Å². The maximum atomic E-state index is 12.4. The van der Waals surface area contributed by atoms with Crippen LogP contribution in [0.2, 0.25) is 0 Å². The normalized spacial score (nSPS) is 16.1. The van der Waals surface area contributed by atoms with Crippen molar-refractivity contribution >= 4 is 16.9 Å². The van der Waals surface area contributed by atoms with Gasteiger partial charge in [-0.05, 0) is 63.3 Å². The van der Waals surface area contributed by atoms with Gasteiger partial charge in [-0.2, -0.15) is 0 Å². The second-order valence-electron chi connectivity index (χ2n) is 9.57. The molecule has 1 aliphatic carbocycles. The molecular formula is C24H29N3O4. The number of nitrogens with one attached hydrogen (secondary N) is 2. The number of pyridine rings is 1. The van der Waals surface area contributed by atoms with Crippen molar-refractivity contribution in [3.05, 3.63) is 50.9 Å². The Labute approximate surface area is 180 Å². The third-order valence-corrected chi connectivity index (χ3v) is 6.24. The van der Waals surface area contributed by atoms with Gasteiger partial charge in [0.15, 0.2) is 5.56 Å². The number of fused-ring (bicyclic) bond motifs is 4. The predicted octanol–water partition coefficient (Wildman–Crippen LogP) is 3.88. The van der Waals surface area contributed by atoms with E-state index < -0.39 is 22.8 Å². The van der Waals surface area contributed by atoms with E-state index in [1.54, 1.807) is 0 Å². The minimum Gasteiger partial charge on any atom is -0.506 e. The van der Waals surface area contributed by atoms with Crippen molar-refractivity contribution in [2.24, 2.45) is 7.05 Å². The van der Waals surface area contributed by atoms with Crippen molar-refractivity contribution in [1.29, 1.82) is 0 Å². The minimum absolute atomic E-state index is 0.0000738. The monoisotopic (exact) mass is 423 g/mol. The van der Waals surface area contributed by atoms with Crippen molar-refractivity contribution in [1.82, 2.24) is 14.9 Å². The van der Waals surface area contributed by atoms with Gasteiger partial charge in [-0.25, -0.2) is 4.79 Å². The predicted molar refractivity (Wildman–Crippen MR) is 121 cm³/mol. The molecule has 0 aliphatic heterocycles. The van der Waals surface area contributed by atoms with Crippen molar-refractivity contribution in [2.45, 2.75) is 58.5 Å². The number of hydrogen-bond acceptors (Lipinski definition) is 4. The molecule has 4 rings (SSSR count). The summed E-state index contributed by atoms with van der Waals surface area (Å²) in [6, 6.07) is 6.33. The van der Waals surface area contributed by atoms with Crippen molar-refractivity contribution in [3.8, 4) is 17.0 Å². The maximum absolute atomic E-state index is 12.4. The first-order valence-electron chi connectivity index (χ1n) is 10.6. The number of aromatic nitrogens is 2. The zero-order valence-electron chi connectivity index (χ0n) is 18.6. The van der Waals surface area contributed by atoms with Gasteiger partial charge in [-0.3, -0.25) is 4.79 Å². The Bertz CT molecular complexity index is 1260. The Hall–Kier alpha value is -3.06. The standard InChI is InChI=1S/C24H29N3O4/c1-12-6-7-15-20(26-22(29)19(21(15)28)23(30)31)17-9-13-8-14(11-25-24(2,3)4)27(5)18(13)10-16(12)17/h8-10,12,25H,6-7,11H2,1-5H3,(H,30,31)(H2,26,28,29). The Kier molecular flexibility index (Phi) is 4.97. The molecule has 7 heteroatoms. The highest BCUT2D eigenvalue weighted by molar-refractivity contribution is 5.93. The van der Waals surface area contributed by atoms with E-state index in [2.05, 4.69) is 61.7 Å². The molecule has 4 N–H and O–H groups in total. The number of aromatic hydroxyl groups is 1. The Morgan fingerprint density at radius 1 is 1.29 bits per heavy atom. The molecule has 1 aliphatic rings. The van der Waals surface area contributed by atoms with Gasteiger partial charge in [0.1, 0.15) is 5.75 Å². The van der Waals surface area contributed by atoms with E-state index in [1.165, 1.54) is 0 Å². The summed E-state index contributed by atoms with van der Waals surface area (Å²) in [6.45, 7) is 9.24. The number of aromatic carboxylic acids is 1.